The first-order valence-corrected chi connectivity index (χ1v) is 10.7. The molecule has 3 aromatic rings. The van der Waals surface area contributed by atoms with E-state index in [9.17, 15) is 8.42 Å². The van der Waals surface area contributed by atoms with Gasteiger partial charge in [0, 0.05) is 17.4 Å². The third-order valence-electron chi connectivity index (χ3n) is 4.63. The first-order valence-electron chi connectivity index (χ1n) is 8.38. The van der Waals surface area contributed by atoms with E-state index in [4.69, 9.17) is 9.15 Å². The Morgan fingerprint density at radius 2 is 1.85 bits per heavy atom. The second-order valence-electron chi connectivity index (χ2n) is 6.33. The first kappa shape index (κ1) is 17.4. The summed E-state index contributed by atoms with van der Waals surface area (Å²) in [6.45, 7) is 0. The van der Waals surface area contributed by atoms with Crippen LogP contribution in [0.2, 0.25) is 0 Å². The van der Waals surface area contributed by atoms with Crippen LogP contribution in [0.5, 0.6) is 5.75 Å². The second kappa shape index (κ2) is 6.63. The average molecular weight is 436 g/mol. The lowest BCUT2D eigenvalue weighted by molar-refractivity contribution is 0.414. The van der Waals surface area contributed by atoms with Gasteiger partial charge >= 0.3 is 0 Å². The van der Waals surface area contributed by atoms with Gasteiger partial charge in [-0.05, 0) is 71.6 Å². The van der Waals surface area contributed by atoms with E-state index >= 15 is 0 Å². The average Bonchev–Trinajstić information content (AvgIpc) is 3.01. The van der Waals surface area contributed by atoms with Crippen molar-refractivity contribution in [3.8, 4) is 5.75 Å². The fraction of sp³-hybridized carbons (Fsp3) is 0.263. The van der Waals surface area contributed by atoms with Crippen LogP contribution in [-0.2, 0) is 22.9 Å². The van der Waals surface area contributed by atoms with Crippen LogP contribution in [0.15, 0.2) is 50.2 Å². The molecule has 0 spiro atoms. The van der Waals surface area contributed by atoms with Crippen molar-refractivity contribution in [2.75, 3.05) is 11.8 Å². The predicted molar refractivity (Wildman–Crippen MR) is 104 cm³/mol. The molecule has 1 N–H and O–H groups in total. The van der Waals surface area contributed by atoms with Gasteiger partial charge in [-0.1, -0.05) is 0 Å². The summed E-state index contributed by atoms with van der Waals surface area (Å²) in [4.78, 5) is 0.184. The van der Waals surface area contributed by atoms with E-state index in [-0.39, 0.29) is 4.90 Å². The zero-order valence-electron chi connectivity index (χ0n) is 14.2. The van der Waals surface area contributed by atoms with E-state index in [1.807, 2.05) is 6.07 Å². The zero-order valence-corrected chi connectivity index (χ0v) is 16.6. The molecule has 0 saturated heterocycles. The number of fused-ring (bicyclic) bond motifs is 3. The Balaban J connectivity index is 1.72. The van der Waals surface area contributed by atoms with Crippen molar-refractivity contribution in [1.82, 2.24) is 0 Å². The molecule has 5 nitrogen and oxygen atoms in total. The molecule has 2 aromatic carbocycles. The van der Waals surface area contributed by atoms with Crippen molar-refractivity contribution >= 4 is 42.6 Å². The van der Waals surface area contributed by atoms with Crippen molar-refractivity contribution in [3.63, 3.8) is 0 Å². The number of nitrogens with one attached hydrogen (secondary N) is 1. The van der Waals surface area contributed by atoms with Gasteiger partial charge in [-0.2, -0.15) is 0 Å². The molecule has 0 bridgehead atoms. The quantitative estimate of drug-likeness (QED) is 0.633. The summed E-state index contributed by atoms with van der Waals surface area (Å²) in [5, 5.41) is 0.974. The Labute approximate surface area is 160 Å². The number of aryl methyl sites for hydroxylation is 2. The van der Waals surface area contributed by atoms with Crippen molar-refractivity contribution in [1.29, 1.82) is 0 Å². The Morgan fingerprint density at radius 3 is 2.58 bits per heavy atom. The highest BCUT2D eigenvalue weighted by Gasteiger charge is 2.21. The maximum Gasteiger partial charge on any atom is 0.261 e. The van der Waals surface area contributed by atoms with Crippen LogP contribution >= 0.6 is 15.9 Å². The highest BCUT2D eigenvalue weighted by molar-refractivity contribution is 9.10. The highest BCUT2D eigenvalue weighted by Crippen LogP contribution is 2.38. The number of ether oxygens (including phenoxy) is 1. The molecule has 1 aliphatic rings. The van der Waals surface area contributed by atoms with Crippen LogP contribution in [-0.4, -0.2) is 15.5 Å². The third kappa shape index (κ3) is 3.10. The van der Waals surface area contributed by atoms with Gasteiger partial charge in [0.2, 0.25) is 0 Å². The number of rotatable bonds is 4. The number of furan rings is 1. The Kier molecular flexibility index (Phi) is 4.44. The number of hydrogen-bond donors (Lipinski definition) is 1. The molecular weight excluding hydrogens is 418 g/mol. The molecular formula is C19H18BrNO4S. The van der Waals surface area contributed by atoms with Gasteiger partial charge in [0.25, 0.3) is 10.0 Å². The zero-order chi connectivity index (χ0) is 18.3. The Bertz CT molecular complexity index is 1070. The minimum Gasteiger partial charge on any atom is -0.497 e. The molecule has 0 saturated carbocycles. The van der Waals surface area contributed by atoms with Gasteiger partial charge in [-0.25, -0.2) is 8.42 Å². The van der Waals surface area contributed by atoms with E-state index in [0.29, 0.717) is 11.4 Å². The normalized spacial score (nSPS) is 14.2. The number of anilines is 1. The topological polar surface area (TPSA) is 68.5 Å². The summed E-state index contributed by atoms with van der Waals surface area (Å²) < 4.78 is 39.8. The fourth-order valence-electron chi connectivity index (χ4n) is 3.35. The van der Waals surface area contributed by atoms with Crippen molar-refractivity contribution in [2.24, 2.45) is 0 Å². The summed E-state index contributed by atoms with van der Waals surface area (Å²) in [5.74, 6) is 1.63. The van der Waals surface area contributed by atoms with E-state index in [2.05, 4.69) is 20.7 Å². The monoisotopic (exact) mass is 435 g/mol. The van der Waals surface area contributed by atoms with Gasteiger partial charge in [0.1, 0.15) is 17.1 Å². The smallest absolute Gasteiger partial charge is 0.261 e. The van der Waals surface area contributed by atoms with Gasteiger partial charge in [0.15, 0.2) is 0 Å². The number of hydrogen-bond acceptors (Lipinski definition) is 4. The number of methoxy groups -OCH3 is 1. The van der Waals surface area contributed by atoms with Gasteiger partial charge in [-0.15, -0.1) is 0 Å². The summed E-state index contributed by atoms with van der Waals surface area (Å²) in [6, 6.07) is 9.89. The van der Waals surface area contributed by atoms with Gasteiger partial charge in [-0.3, -0.25) is 4.72 Å². The molecule has 136 valence electrons. The van der Waals surface area contributed by atoms with Crippen LogP contribution < -0.4 is 9.46 Å². The SMILES string of the molecule is COc1ccc(S(=O)(=O)Nc2cc(Br)c3oc4c(c3c2)CCCC4)cc1. The summed E-state index contributed by atoms with van der Waals surface area (Å²) in [7, 11) is -2.14. The lowest BCUT2D eigenvalue weighted by Crippen LogP contribution is -2.12. The molecule has 4 rings (SSSR count). The molecule has 1 heterocycles. The number of benzene rings is 2. The van der Waals surface area contributed by atoms with Crippen molar-refractivity contribution in [3.05, 3.63) is 52.2 Å². The predicted octanol–water partition coefficient (Wildman–Crippen LogP) is 4.88. The van der Waals surface area contributed by atoms with Crippen LogP contribution in [0, 0.1) is 0 Å². The molecule has 26 heavy (non-hydrogen) atoms. The first-order chi connectivity index (χ1) is 12.5. The van der Waals surface area contributed by atoms with E-state index in [1.54, 1.807) is 25.3 Å². The summed E-state index contributed by atoms with van der Waals surface area (Å²) in [5.41, 5.74) is 2.48. The molecule has 0 fully saturated rings. The molecule has 0 unspecified atom stereocenters. The van der Waals surface area contributed by atoms with Crippen molar-refractivity contribution < 1.29 is 17.6 Å². The molecule has 0 radical (unpaired) electrons. The van der Waals surface area contributed by atoms with E-state index < -0.39 is 10.0 Å². The van der Waals surface area contributed by atoms with E-state index in [1.165, 1.54) is 17.7 Å². The lowest BCUT2D eigenvalue weighted by Gasteiger charge is -2.11. The minimum absolute atomic E-state index is 0.184. The van der Waals surface area contributed by atoms with Crippen LogP contribution in [0.3, 0.4) is 0 Å². The largest absolute Gasteiger partial charge is 0.497 e. The Morgan fingerprint density at radius 1 is 1.12 bits per heavy atom. The lowest BCUT2D eigenvalue weighted by atomic mass is 9.96. The summed E-state index contributed by atoms with van der Waals surface area (Å²) >= 11 is 3.51. The third-order valence-corrected chi connectivity index (χ3v) is 6.62. The molecule has 7 heteroatoms. The summed E-state index contributed by atoms with van der Waals surface area (Å²) in [6.07, 6.45) is 4.15. The van der Waals surface area contributed by atoms with Crippen LogP contribution in [0.25, 0.3) is 11.0 Å². The van der Waals surface area contributed by atoms with Crippen LogP contribution in [0.4, 0.5) is 5.69 Å². The van der Waals surface area contributed by atoms with Gasteiger partial charge < -0.3 is 9.15 Å². The second-order valence-corrected chi connectivity index (χ2v) is 8.86. The molecule has 1 aromatic heterocycles. The van der Waals surface area contributed by atoms with Gasteiger partial charge in [0.05, 0.1) is 22.2 Å². The number of halogens is 1. The van der Waals surface area contributed by atoms with Crippen molar-refractivity contribution in [2.45, 2.75) is 30.6 Å². The molecule has 0 atom stereocenters. The molecule has 0 amide bonds. The molecule has 0 aliphatic heterocycles. The maximum atomic E-state index is 12.7. The number of sulfonamides is 1. The highest BCUT2D eigenvalue weighted by atomic mass is 79.9. The van der Waals surface area contributed by atoms with E-state index in [0.717, 1.165) is 46.9 Å². The van der Waals surface area contributed by atoms with Crippen LogP contribution in [0.1, 0.15) is 24.2 Å². The molecule has 1 aliphatic carbocycles. The maximum absolute atomic E-state index is 12.7. The Hall–Kier alpha value is -1.99. The standard InChI is InChI=1S/C19H18BrNO4S/c1-24-13-6-8-14(9-7-13)26(22,23)21-12-10-16-15-4-2-3-5-18(15)25-19(16)17(20)11-12/h6-11,21H,2-5H2,1H3. The minimum atomic E-state index is -3.69. The fourth-order valence-corrected chi connectivity index (χ4v) is 4.93.